The lowest BCUT2D eigenvalue weighted by Gasteiger charge is -2.34. The molecule has 0 saturated carbocycles. The summed E-state index contributed by atoms with van der Waals surface area (Å²) in [6.45, 7) is 17.6. The van der Waals surface area contributed by atoms with E-state index in [1.165, 1.54) is 22.3 Å². The van der Waals surface area contributed by atoms with E-state index in [2.05, 4.69) is 77.9 Å². The van der Waals surface area contributed by atoms with Gasteiger partial charge in [0, 0.05) is 1.37 Å². The molecule has 0 saturated heterocycles. The maximum Gasteiger partial charge on any atom is 0.0347 e. The summed E-state index contributed by atoms with van der Waals surface area (Å²) in [5, 5.41) is 0. The third-order valence-electron chi connectivity index (χ3n) is 4.34. The topological polar surface area (TPSA) is 0 Å². The van der Waals surface area contributed by atoms with E-state index < -0.39 is 5.89 Å². The molecule has 0 atom stereocenters. The maximum atomic E-state index is 8.75. The zero-order valence-corrected chi connectivity index (χ0v) is 16.0. The van der Waals surface area contributed by atoms with E-state index in [0.29, 0.717) is 0 Å². The molecule has 0 amide bonds. The summed E-state index contributed by atoms with van der Waals surface area (Å²) in [5.41, 5.74) is 6.29. The van der Waals surface area contributed by atoms with Gasteiger partial charge in [-0.3, -0.25) is 0 Å². The molecule has 2 aromatic rings. The molecule has 0 N–H and O–H groups in total. The van der Waals surface area contributed by atoms with Crippen LogP contribution in [0, 0.1) is 0 Å². The molecule has 0 aromatic heterocycles. The monoisotopic (exact) mass is 309 g/mol. The van der Waals surface area contributed by atoms with Gasteiger partial charge in [-0.15, -0.1) is 0 Å². The van der Waals surface area contributed by atoms with Gasteiger partial charge in [-0.25, -0.2) is 0 Å². The van der Waals surface area contributed by atoms with Crippen molar-refractivity contribution in [2.45, 2.75) is 72.1 Å². The Balaban J connectivity index is 2.90. The third kappa shape index (κ3) is 3.86. The highest BCUT2D eigenvalue weighted by Gasteiger charge is 2.29. The largest absolute Gasteiger partial charge is 0.0622 e. The molecule has 0 aliphatic rings. The smallest absolute Gasteiger partial charge is 0.0347 e. The van der Waals surface area contributed by atoms with Gasteiger partial charge in [0.1, 0.15) is 0 Å². The summed E-state index contributed by atoms with van der Waals surface area (Å²) in [6, 6.07) is 15.1. The van der Waals surface area contributed by atoms with Gasteiger partial charge in [-0.1, -0.05) is 97.9 Å². The summed E-state index contributed by atoms with van der Waals surface area (Å²) in [7, 11) is 0. The fourth-order valence-corrected chi connectivity index (χ4v) is 3.23. The fourth-order valence-electron chi connectivity index (χ4n) is 3.23. The van der Waals surface area contributed by atoms with Crippen molar-refractivity contribution < 1.29 is 1.37 Å². The lowest BCUT2D eigenvalue weighted by atomic mass is 9.70. The zero-order chi connectivity index (χ0) is 18.3. The molecule has 124 valence electrons. The predicted octanol–water partition coefficient (Wildman–Crippen LogP) is 7.07. The van der Waals surface area contributed by atoms with Crippen LogP contribution in [0.15, 0.2) is 42.5 Å². The van der Waals surface area contributed by atoms with Gasteiger partial charge in [-0.05, 0) is 44.5 Å². The third-order valence-corrected chi connectivity index (χ3v) is 4.34. The van der Waals surface area contributed by atoms with E-state index in [-0.39, 0.29) is 10.8 Å². The molecule has 0 spiro atoms. The van der Waals surface area contributed by atoms with Crippen molar-refractivity contribution in [2.24, 2.45) is 0 Å². The second kappa shape index (κ2) is 6.15. The minimum absolute atomic E-state index is 0.00544. The lowest BCUT2D eigenvalue weighted by molar-refractivity contribution is 0.522. The van der Waals surface area contributed by atoms with Crippen LogP contribution in [0.2, 0.25) is 0 Å². The Morgan fingerprint density at radius 2 is 1.35 bits per heavy atom. The summed E-state index contributed by atoms with van der Waals surface area (Å²) in [4.78, 5) is 0. The molecular weight excluding hydrogens is 276 g/mol. The molecule has 0 unspecified atom stereocenters. The molecule has 0 bridgehead atoms. The van der Waals surface area contributed by atoms with Gasteiger partial charge in [0.15, 0.2) is 0 Å². The Labute approximate surface area is 144 Å². The Kier molecular flexibility index (Phi) is 4.36. The van der Waals surface area contributed by atoms with Crippen LogP contribution in [0.1, 0.15) is 79.3 Å². The van der Waals surface area contributed by atoms with E-state index in [1.807, 2.05) is 19.9 Å². The summed E-state index contributed by atoms with van der Waals surface area (Å²) < 4.78 is 8.75. The highest BCUT2D eigenvalue weighted by Crippen LogP contribution is 2.41. The van der Waals surface area contributed by atoms with Gasteiger partial charge in [0.05, 0.1) is 0 Å². The van der Waals surface area contributed by atoms with E-state index in [9.17, 15) is 0 Å². The number of hydrogen-bond acceptors (Lipinski definition) is 0. The van der Waals surface area contributed by atoms with Crippen LogP contribution in [-0.2, 0) is 10.8 Å². The molecule has 0 fully saturated rings. The van der Waals surface area contributed by atoms with Gasteiger partial charge < -0.3 is 0 Å². The Hall–Kier alpha value is -1.56. The quantitative estimate of drug-likeness (QED) is 0.556. The van der Waals surface area contributed by atoms with Crippen molar-refractivity contribution in [1.29, 1.82) is 0 Å². The Morgan fingerprint density at radius 1 is 0.783 bits per heavy atom. The van der Waals surface area contributed by atoms with Gasteiger partial charge in [0.2, 0.25) is 0 Å². The zero-order valence-electron chi connectivity index (χ0n) is 17.0. The Bertz CT molecular complexity index is 669. The predicted molar refractivity (Wildman–Crippen MR) is 103 cm³/mol. The van der Waals surface area contributed by atoms with E-state index in [4.69, 9.17) is 1.37 Å². The highest BCUT2D eigenvalue weighted by molar-refractivity contribution is 5.68. The standard InChI is InChI=1S/C23H32/c1-16(2)19-14-18(17-12-10-9-11-13-17)15-20(22(3,4)5)21(19)23(6,7)8/h9-16H,1-8H3/i16D. The molecule has 0 aliphatic carbocycles. The minimum atomic E-state index is -0.632. The first kappa shape index (κ1) is 16.3. The summed E-state index contributed by atoms with van der Waals surface area (Å²) in [6.07, 6.45) is 0. The molecule has 2 aromatic carbocycles. The lowest BCUT2D eigenvalue weighted by Crippen LogP contribution is -2.24. The highest BCUT2D eigenvalue weighted by atomic mass is 14.3. The first-order chi connectivity index (χ1) is 10.8. The van der Waals surface area contributed by atoms with Crippen LogP contribution in [0.4, 0.5) is 0 Å². The number of rotatable bonds is 2. The van der Waals surface area contributed by atoms with Crippen LogP contribution >= 0.6 is 0 Å². The summed E-state index contributed by atoms with van der Waals surface area (Å²) >= 11 is 0. The minimum Gasteiger partial charge on any atom is -0.0622 e. The average molecular weight is 310 g/mol. The van der Waals surface area contributed by atoms with Crippen LogP contribution in [0.5, 0.6) is 0 Å². The maximum absolute atomic E-state index is 8.75. The van der Waals surface area contributed by atoms with Gasteiger partial charge in [-0.2, -0.15) is 0 Å². The van der Waals surface area contributed by atoms with E-state index in [0.717, 1.165) is 5.56 Å². The van der Waals surface area contributed by atoms with Crippen molar-refractivity contribution in [1.82, 2.24) is 0 Å². The number of benzene rings is 2. The number of hydrogen-bond donors (Lipinski definition) is 0. The van der Waals surface area contributed by atoms with Crippen LogP contribution in [-0.4, -0.2) is 0 Å². The SMILES string of the molecule is [2H]C(C)(C)c1cc(-c2ccccc2)cc(C(C)(C)C)c1C(C)(C)C. The molecule has 2 rings (SSSR count). The normalized spacial score (nSPS) is 13.8. The van der Waals surface area contributed by atoms with Crippen LogP contribution < -0.4 is 0 Å². The molecule has 0 aliphatic heterocycles. The second-order valence-electron chi connectivity index (χ2n) is 8.81. The van der Waals surface area contributed by atoms with E-state index >= 15 is 0 Å². The molecule has 0 heterocycles. The second-order valence-corrected chi connectivity index (χ2v) is 8.81. The Morgan fingerprint density at radius 3 is 1.78 bits per heavy atom. The average Bonchev–Trinajstić information content (AvgIpc) is 2.44. The van der Waals surface area contributed by atoms with E-state index in [1.54, 1.807) is 0 Å². The van der Waals surface area contributed by atoms with Crippen LogP contribution in [0.25, 0.3) is 11.1 Å². The van der Waals surface area contributed by atoms with Crippen molar-refractivity contribution in [3.63, 3.8) is 0 Å². The first-order valence-corrected chi connectivity index (χ1v) is 8.57. The van der Waals surface area contributed by atoms with Crippen molar-refractivity contribution >= 4 is 0 Å². The molecule has 0 heteroatoms. The first-order valence-electron chi connectivity index (χ1n) is 9.07. The van der Waals surface area contributed by atoms with Gasteiger partial charge >= 0.3 is 0 Å². The van der Waals surface area contributed by atoms with Crippen LogP contribution in [0.3, 0.4) is 0 Å². The molecular formula is C23H32. The van der Waals surface area contributed by atoms with Crippen molar-refractivity contribution in [3.05, 3.63) is 59.2 Å². The fraction of sp³-hybridized carbons (Fsp3) is 0.478. The molecule has 0 radical (unpaired) electrons. The van der Waals surface area contributed by atoms with Crippen molar-refractivity contribution in [2.75, 3.05) is 0 Å². The van der Waals surface area contributed by atoms with Gasteiger partial charge in [0.25, 0.3) is 0 Å². The molecule has 23 heavy (non-hydrogen) atoms. The summed E-state index contributed by atoms with van der Waals surface area (Å²) in [5.74, 6) is -0.632. The molecule has 0 nitrogen and oxygen atoms in total. The van der Waals surface area contributed by atoms with Crippen molar-refractivity contribution in [3.8, 4) is 11.1 Å².